The van der Waals surface area contributed by atoms with E-state index in [1.807, 2.05) is 6.92 Å². The van der Waals surface area contributed by atoms with E-state index in [1.165, 1.54) is 6.20 Å². The maximum Gasteiger partial charge on any atom is 0.258 e. The highest BCUT2D eigenvalue weighted by Gasteiger charge is 2.08. The van der Waals surface area contributed by atoms with Crippen LogP contribution < -0.4 is 10.1 Å². The highest BCUT2D eigenvalue weighted by Crippen LogP contribution is 2.16. The van der Waals surface area contributed by atoms with Crippen LogP contribution in [0.4, 0.5) is 5.69 Å². The number of carbonyl (C=O) groups is 1. The standard InChI is InChI=1S/C14H17N3O3/c1-2-17-10-11(9-15-17)14(19)16-12-3-5-13(6-4-12)20-8-7-18/h3-6,9-10,18H,2,7-8H2,1H3,(H,16,19). The highest BCUT2D eigenvalue weighted by atomic mass is 16.5. The SMILES string of the molecule is CCn1cc(C(=O)Nc2ccc(OCCO)cc2)cn1. The van der Waals surface area contributed by atoms with Crippen LogP contribution in [0.5, 0.6) is 5.75 Å². The minimum atomic E-state index is -0.200. The van der Waals surface area contributed by atoms with Gasteiger partial charge in [-0.3, -0.25) is 9.48 Å². The minimum absolute atomic E-state index is 0.0279. The number of hydrogen-bond donors (Lipinski definition) is 2. The molecule has 2 rings (SSSR count). The Balaban J connectivity index is 1.97. The summed E-state index contributed by atoms with van der Waals surface area (Å²) >= 11 is 0. The molecular formula is C14H17N3O3. The van der Waals surface area contributed by atoms with Gasteiger partial charge >= 0.3 is 0 Å². The van der Waals surface area contributed by atoms with Crippen LogP contribution in [0.25, 0.3) is 0 Å². The molecular weight excluding hydrogens is 258 g/mol. The van der Waals surface area contributed by atoms with Gasteiger partial charge in [-0.25, -0.2) is 0 Å². The predicted octanol–water partition coefficient (Wildman–Crippen LogP) is 1.53. The molecule has 0 aliphatic rings. The largest absolute Gasteiger partial charge is 0.491 e. The fourth-order valence-electron chi connectivity index (χ4n) is 1.66. The van der Waals surface area contributed by atoms with E-state index in [0.29, 0.717) is 17.0 Å². The van der Waals surface area contributed by atoms with E-state index in [-0.39, 0.29) is 19.1 Å². The Morgan fingerprint density at radius 3 is 2.75 bits per heavy atom. The van der Waals surface area contributed by atoms with Gasteiger partial charge in [0.25, 0.3) is 5.91 Å². The summed E-state index contributed by atoms with van der Waals surface area (Å²) in [7, 11) is 0. The number of nitrogens with zero attached hydrogens (tertiary/aromatic N) is 2. The van der Waals surface area contributed by atoms with Crippen molar-refractivity contribution in [3.05, 3.63) is 42.2 Å². The van der Waals surface area contributed by atoms with Crippen LogP contribution in [0.1, 0.15) is 17.3 Å². The highest BCUT2D eigenvalue weighted by molar-refractivity contribution is 6.03. The minimum Gasteiger partial charge on any atom is -0.491 e. The van der Waals surface area contributed by atoms with Gasteiger partial charge in [0, 0.05) is 18.4 Å². The monoisotopic (exact) mass is 275 g/mol. The van der Waals surface area contributed by atoms with Crippen LogP contribution in [0.2, 0.25) is 0 Å². The number of benzene rings is 1. The van der Waals surface area contributed by atoms with Crippen molar-refractivity contribution < 1.29 is 14.6 Å². The molecule has 1 heterocycles. The van der Waals surface area contributed by atoms with Crippen LogP contribution in [0, 0.1) is 0 Å². The lowest BCUT2D eigenvalue weighted by Crippen LogP contribution is -2.11. The summed E-state index contributed by atoms with van der Waals surface area (Å²) in [5, 5.41) is 15.5. The molecule has 6 heteroatoms. The number of hydrogen-bond acceptors (Lipinski definition) is 4. The van der Waals surface area contributed by atoms with Gasteiger partial charge in [0.15, 0.2) is 0 Å². The van der Waals surface area contributed by atoms with E-state index in [0.717, 1.165) is 6.54 Å². The van der Waals surface area contributed by atoms with Crippen molar-refractivity contribution in [1.82, 2.24) is 9.78 Å². The van der Waals surface area contributed by atoms with Crippen molar-refractivity contribution in [3.8, 4) is 5.75 Å². The van der Waals surface area contributed by atoms with Crippen LogP contribution in [0.3, 0.4) is 0 Å². The van der Waals surface area contributed by atoms with Crippen molar-refractivity contribution >= 4 is 11.6 Å². The molecule has 0 unspecified atom stereocenters. The molecule has 1 amide bonds. The molecule has 6 nitrogen and oxygen atoms in total. The number of aliphatic hydroxyl groups is 1. The topological polar surface area (TPSA) is 76.4 Å². The number of anilines is 1. The Labute approximate surface area is 117 Å². The smallest absolute Gasteiger partial charge is 0.258 e. The van der Waals surface area contributed by atoms with Crippen molar-refractivity contribution in [2.45, 2.75) is 13.5 Å². The van der Waals surface area contributed by atoms with Crippen LogP contribution in [-0.4, -0.2) is 34.0 Å². The number of carbonyl (C=O) groups excluding carboxylic acids is 1. The third kappa shape index (κ3) is 3.58. The zero-order chi connectivity index (χ0) is 14.4. The quantitative estimate of drug-likeness (QED) is 0.838. The number of aryl methyl sites for hydroxylation is 1. The second-order valence-electron chi connectivity index (χ2n) is 4.14. The molecule has 0 aliphatic carbocycles. The van der Waals surface area contributed by atoms with Gasteiger partial charge in [-0.05, 0) is 31.2 Å². The van der Waals surface area contributed by atoms with E-state index >= 15 is 0 Å². The van der Waals surface area contributed by atoms with Gasteiger partial charge < -0.3 is 15.2 Å². The molecule has 0 atom stereocenters. The molecule has 0 radical (unpaired) electrons. The lowest BCUT2D eigenvalue weighted by atomic mass is 10.2. The van der Waals surface area contributed by atoms with Crippen LogP contribution in [0.15, 0.2) is 36.7 Å². The van der Waals surface area contributed by atoms with E-state index in [4.69, 9.17) is 9.84 Å². The van der Waals surface area contributed by atoms with Gasteiger partial charge in [-0.1, -0.05) is 0 Å². The summed E-state index contributed by atoms with van der Waals surface area (Å²) in [6.45, 7) is 2.91. The number of rotatable bonds is 6. The zero-order valence-electron chi connectivity index (χ0n) is 11.2. The van der Waals surface area contributed by atoms with E-state index in [1.54, 1.807) is 35.1 Å². The number of nitrogens with one attached hydrogen (secondary N) is 1. The Bertz CT molecular complexity index is 563. The maximum absolute atomic E-state index is 12.0. The summed E-state index contributed by atoms with van der Waals surface area (Å²) in [6.07, 6.45) is 3.24. The fraction of sp³-hybridized carbons (Fsp3) is 0.286. The molecule has 0 bridgehead atoms. The summed E-state index contributed by atoms with van der Waals surface area (Å²) < 4.78 is 6.94. The third-order valence-electron chi connectivity index (χ3n) is 2.69. The fourth-order valence-corrected chi connectivity index (χ4v) is 1.66. The molecule has 20 heavy (non-hydrogen) atoms. The van der Waals surface area contributed by atoms with Crippen molar-refractivity contribution in [1.29, 1.82) is 0 Å². The first-order chi connectivity index (χ1) is 9.72. The van der Waals surface area contributed by atoms with Gasteiger partial charge in [0.1, 0.15) is 12.4 Å². The molecule has 1 aromatic heterocycles. The first-order valence-electron chi connectivity index (χ1n) is 6.40. The molecule has 0 fully saturated rings. The van der Waals surface area contributed by atoms with Crippen molar-refractivity contribution in [2.24, 2.45) is 0 Å². The third-order valence-corrected chi connectivity index (χ3v) is 2.69. The summed E-state index contributed by atoms with van der Waals surface area (Å²) in [4.78, 5) is 12.0. The molecule has 1 aromatic carbocycles. The Morgan fingerprint density at radius 1 is 1.40 bits per heavy atom. The van der Waals surface area contributed by atoms with E-state index in [2.05, 4.69) is 10.4 Å². The number of aliphatic hydroxyl groups excluding tert-OH is 1. The van der Waals surface area contributed by atoms with Crippen LogP contribution in [-0.2, 0) is 6.54 Å². The van der Waals surface area contributed by atoms with Crippen molar-refractivity contribution in [3.63, 3.8) is 0 Å². The number of aromatic nitrogens is 2. The average Bonchev–Trinajstić information content (AvgIpc) is 2.95. The summed E-state index contributed by atoms with van der Waals surface area (Å²) in [5.74, 6) is 0.449. The molecule has 0 saturated heterocycles. The molecule has 0 spiro atoms. The zero-order valence-corrected chi connectivity index (χ0v) is 11.2. The molecule has 0 saturated carbocycles. The predicted molar refractivity (Wildman–Crippen MR) is 74.9 cm³/mol. The lowest BCUT2D eigenvalue weighted by Gasteiger charge is -2.06. The normalized spacial score (nSPS) is 10.3. The second-order valence-corrected chi connectivity index (χ2v) is 4.14. The first kappa shape index (κ1) is 14.1. The number of amides is 1. The molecule has 2 aromatic rings. The molecule has 0 aliphatic heterocycles. The van der Waals surface area contributed by atoms with Gasteiger partial charge in [-0.15, -0.1) is 0 Å². The van der Waals surface area contributed by atoms with Gasteiger partial charge in [0.05, 0.1) is 18.4 Å². The number of ether oxygens (including phenoxy) is 1. The summed E-state index contributed by atoms with van der Waals surface area (Å²) in [5.41, 5.74) is 1.20. The second kappa shape index (κ2) is 6.72. The van der Waals surface area contributed by atoms with Crippen LogP contribution >= 0.6 is 0 Å². The van der Waals surface area contributed by atoms with Crippen molar-refractivity contribution in [2.75, 3.05) is 18.5 Å². The average molecular weight is 275 g/mol. The first-order valence-corrected chi connectivity index (χ1v) is 6.40. The molecule has 2 N–H and O–H groups in total. The van der Waals surface area contributed by atoms with Gasteiger partial charge in [0.2, 0.25) is 0 Å². The van der Waals surface area contributed by atoms with Gasteiger partial charge in [-0.2, -0.15) is 5.10 Å². The van der Waals surface area contributed by atoms with E-state index < -0.39 is 0 Å². The Kier molecular flexibility index (Phi) is 4.73. The Morgan fingerprint density at radius 2 is 2.15 bits per heavy atom. The molecule has 106 valence electrons. The Hall–Kier alpha value is -2.34. The lowest BCUT2D eigenvalue weighted by molar-refractivity contribution is 0.102. The van der Waals surface area contributed by atoms with E-state index in [9.17, 15) is 4.79 Å². The maximum atomic E-state index is 12.0. The summed E-state index contributed by atoms with van der Waals surface area (Å²) in [6, 6.07) is 6.96.